The summed E-state index contributed by atoms with van der Waals surface area (Å²) in [6, 6.07) is 8.80. The van der Waals surface area contributed by atoms with E-state index in [-0.39, 0.29) is 6.61 Å². The number of ether oxygens (including phenoxy) is 2. The van der Waals surface area contributed by atoms with E-state index in [0.29, 0.717) is 30.9 Å². The third-order valence-corrected chi connectivity index (χ3v) is 2.28. The molecule has 0 aromatic heterocycles. The van der Waals surface area contributed by atoms with Crippen LogP contribution in [-0.2, 0) is 14.3 Å². The first-order chi connectivity index (χ1) is 10.1. The first-order valence-corrected chi connectivity index (χ1v) is 6.31. The average Bonchev–Trinajstić information content (AvgIpc) is 2.43. The van der Waals surface area contributed by atoms with Crippen molar-refractivity contribution in [3.8, 4) is 11.8 Å². The van der Waals surface area contributed by atoms with Gasteiger partial charge in [0.1, 0.15) is 19.0 Å². The summed E-state index contributed by atoms with van der Waals surface area (Å²) in [5.74, 6) is -0.995. The summed E-state index contributed by atoms with van der Waals surface area (Å²) in [6.07, 6.45) is 1.06. The molecule has 0 saturated carbocycles. The highest BCUT2D eigenvalue weighted by atomic mass is 16.5. The average molecular weight is 292 g/mol. The number of nitriles is 1. The van der Waals surface area contributed by atoms with Crippen LogP contribution in [0.3, 0.4) is 0 Å². The van der Waals surface area contributed by atoms with Crippen molar-refractivity contribution in [2.45, 2.75) is 12.8 Å². The summed E-state index contributed by atoms with van der Waals surface area (Å²) >= 11 is 0. The highest BCUT2D eigenvalue weighted by Crippen LogP contribution is 2.17. The zero-order valence-corrected chi connectivity index (χ0v) is 11.4. The first kappa shape index (κ1) is 16.5. The number of nitrogens with zero attached hydrogens (tertiary/aromatic N) is 1. The van der Waals surface area contributed by atoms with E-state index in [1.165, 1.54) is 0 Å². The molecule has 1 amide bonds. The van der Waals surface area contributed by atoms with Gasteiger partial charge in [-0.2, -0.15) is 5.26 Å². The molecule has 0 bridgehead atoms. The monoisotopic (exact) mass is 292 g/mol. The van der Waals surface area contributed by atoms with Gasteiger partial charge in [-0.3, -0.25) is 4.79 Å². The van der Waals surface area contributed by atoms with E-state index in [1.807, 2.05) is 6.07 Å². The minimum Gasteiger partial charge on any atom is -0.493 e. The van der Waals surface area contributed by atoms with Crippen LogP contribution in [0.1, 0.15) is 12.8 Å². The molecular weight excluding hydrogens is 276 g/mol. The van der Waals surface area contributed by atoms with Gasteiger partial charge in [-0.1, -0.05) is 6.07 Å². The van der Waals surface area contributed by atoms with E-state index in [9.17, 15) is 9.59 Å². The SMILES string of the molecule is N#CCCCOc1cccc(NC(=O)COCC(=O)O)c1. The molecule has 0 aliphatic carbocycles. The van der Waals surface area contributed by atoms with Gasteiger partial charge >= 0.3 is 5.97 Å². The number of unbranched alkanes of at least 4 members (excludes halogenated alkanes) is 1. The number of hydrogen-bond acceptors (Lipinski definition) is 5. The Morgan fingerprint density at radius 2 is 2.14 bits per heavy atom. The largest absolute Gasteiger partial charge is 0.493 e. The van der Waals surface area contributed by atoms with Gasteiger partial charge in [-0.05, 0) is 18.6 Å². The van der Waals surface area contributed by atoms with Crippen LogP contribution in [0, 0.1) is 11.3 Å². The molecule has 0 fully saturated rings. The molecule has 1 aromatic rings. The number of rotatable bonds is 9. The number of carboxylic acid groups (broad SMARTS) is 1. The number of amides is 1. The Morgan fingerprint density at radius 1 is 1.33 bits per heavy atom. The Balaban J connectivity index is 2.39. The van der Waals surface area contributed by atoms with Gasteiger partial charge in [0.2, 0.25) is 5.91 Å². The van der Waals surface area contributed by atoms with E-state index in [2.05, 4.69) is 10.1 Å². The minimum absolute atomic E-state index is 0.334. The highest BCUT2D eigenvalue weighted by molar-refractivity contribution is 5.92. The number of carboxylic acids is 1. The molecule has 0 saturated heterocycles. The maximum atomic E-state index is 11.5. The number of carbonyl (C=O) groups is 2. The van der Waals surface area contributed by atoms with Gasteiger partial charge in [0.05, 0.1) is 12.7 Å². The Morgan fingerprint density at radius 3 is 2.86 bits per heavy atom. The summed E-state index contributed by atoms with van der Waals surface area (Å²) in [5, 5.41) is 19.4. The lowest BCUT2D eigenvalue weighted by Crippen LogP contribution is -2.20. The van der Waals surface area contributed by atoms with Crippen LogP contribution in [0.5, 0.6) is 5.75 Å². The van der Waals surface area contributed by atoms with Gasteiger partial charge in [0.15, 0.2) is 0 Å². The molecule has 2 N–H and O–H groups in total. The zero-order chi connectivity index (χ0) is 15.5. The van der Waals surface area contributed by atoms with Crippen LogP contribution in [0.4, 0.5) is 5.69 Å². The topological polar surface area (TPSA) is 109 Å². The fourth-order valence-electron chi connectivity index (χ4n) is 1.43. The van der Waals surface area contributed by atoms with Crippen molar-refractivity contribution in [1.29, 1.82) is 5.26 Å². The van der Waals surface area contributed by atoms with Crippen molar-refractivity contribution < 1.29 is 24.2 Å². The third kappa shape index (κ3) is 7.54. The van der Waals surface area contributed by atoms with Crippen LogP contribution in [0.15, 0.2) is 24.3 Å². The second-order valence-corrected chi connectivity index (χ2v) is 4.07. The van der Waals surface area contributed by atoms with Crippen LogP contribution in [0.2, 0.25) is 0 Å². The molecule has 112 valence electrons. The molecule has 0 aliphatic heterocycles. The summed E-state index contributed by atoms with van der Waals surface area (Å²) in [4.78, 5) is 21.7. The molecule has 0 heterocycles. The number of aliphatic carboxylic acids is 1. The molecule has 21 heavy (non-hydrogen) atoms. The molecule has 1 aromatic carbocycles. The van der Waals surface area contributed by atoms with Gasteiger partial charge in [0, 0.05) is 18.2 Å². The predicted molar refractivity (Wildman–Crippen MR) is 73.9 cm³/mol. The molecule has 7 heteroatoms. The normalized spacial score (nSPS) is 9.67. The van der Waals surface area contributed by atoms with E-state index in [4.69, 9.17) is 15.1 Å². The van der Waals surface area contributed by atoms with Crippen molar-refractivity contribution in [3.05, 3.63) is 24.3 Å². The van der Waals surface area contributed by atoms with Gasteiger partial charge in [-0.15, -0.1) is 0 Å². The number of nitrogens with one attached hydrogen (secondary N) is 1. The quantitative estimate of drug-likeness (QED) is 0.666. The number of hydrogen-bond donors (Lipinski definition) is 2. The Hall–Kier alpha value is -2.59. The zero-order valence-electron chi connectivity index (χ0n) is 11.4. The molecular formula is C14H16N2O5. The summed E-state index contributed by atoms with van der Waals surface area (Å²) in [6.45, 7) is -0.429. The molecule has 1 rings (SSSR count). The number of carbonyl (C=O) groups excluding carboxylic acids is 1. The lowest BCUT2D eigenvalue weighted by atomic mass is 10.3. The Labute approximate surface area is 122 Å². The lowest BCUT2D eigenvalue weighted by molar-refractivity contribution is -0.143. The van der Waals surface area contributed by atoms with Gasteiger partial charge in [-0.25, -0.2) is 4.79 Å². The minimum atomic E-state index is -1.13. The molecule has 0 radical (unpaired) electrons. The maximum Gasteiger partial charge on any atom is 0.329 e. The van der Waals surface area contributed by atoms with E-state index in [0.717, 1.165) is 0 Å². The number of anilines is 1. The maximum absolute atomic E-state index is 11.5. The summed E-state index contributed by atoms with van der Waals surface area (Å²) in [7, 11) is 0. The summed E-state index contributed by atoms with van der Waals surface area (Å²) in [5.41, 5.74) is 0.525. The van der Waals surface area contributed by atoms with Crippen LogP contribution < -0.4 is 10.1 Å². The van der Waals surface area contributed by atoms with E-state index in [1.54, 1.807) is 24.3 Å². The number of benzene rings is 1. The van der Waals surface area contributed by atoms with Gasteiger partial charge < -0.3 is 19.9 Å². The van der Waals surface area contributed by atoms with Crippen LogP contribution >= 0.6 is 0 Å². The van der Waals surface area contributed by atoms with E-state index < -0.39 is 18.5 Å². The lowest BCUT2D eigenvalue weighted by Gasteiger charge is -2.08. The van der Waals surface area contributed by atoms with E-state index >= 15 is 0 Å². The highest BCUT2D eigenvalue weighted by Gasteiger charge is 2.05. The third-order valence-electron chi connectivity index (χ3n) is 2.28. The molecule has 7 nitrogen and oxygen atoms in total. The van der Waals surface area contributed by atoms with Crippen molar-refractivity contribution in [2.75, 3.05) is 25.1 Å². The van der Waals surface area contributed by atoms with Crippen LogP contribution in [0.25, 0.3) is 0 Å². The smallest absolute Gasteiger partial charge is 0.329 e. The van der Waals surface area contributed by atoms with Crippen molar-refractivity contribution in [3.63, 3.8) is 0 Å². The first-order valence-electron chi connectivity index (χ1n) is 6.31. The molecule has 0 aliphatic rings. The molecule has 0 unspecified atom stereocenters. The molecule has 0 spiro atoms. The molecule has 0 atom stereocenters. The van der Waals surface area contributed by atoms with Gasteiger partial charge in [0.25, 0.3) is 0 Å². The predicted octanol–water partition coefficient (Wildman–Crippen LogP) is 1.41. The van der Waals surface area contributed by atoms with Crippen LogP contribution in [-0.4, -0.2) is 36.8 Å². The van der Waals surface area contributed by atoms with Crippen molar-refractivity contribution in [1.82, 2.24) is 0 Å². The Kier molecular flexibility index (Phi) is 7.32. The summed E-state index contributed by atoms with van der Waals surface area (Å²) < 4.78 is 10.1. The standard InChI is InChI=1S/C14H16N2O5/c15-6-1-2-7-21-12-5-3-4-11(8-12)16-13(17)9-20-10-14(18)19/h3-5,8H,1-2,7,9-10H2,(H,16,17)(H,18,19). The second-order valence-electron chi connectivity index (χ2n) is 4.07. The second kappa shape index (κ2) is 9.34. The Bertz CT molecular complexity index is 524. The fraction of sp³-hybridized carbons (Fsp3) is 0.357. The van der Waals surface area contributed by atoms with Crippen molar-refractivity contribution in [2.24, 2.45) is 0 Å². The fourth-order valence-corrected chi connectivity index (χ4v) is 1.43. The van der Waals surface area contributed by atoms with Crippen molar-refractivity contribution >= 4 is 17.6 Å².